The van der Waals surface area contributed by atoms with Crippen molar-refractivity contribution in [2.24, 2.45) is 17.8 Å². The summed E-state index contributed by atoms with van der Waals surface area (Å²) in [5, 5.41) is 0. The Labute approximate surface area is 144 Å². The van der Waals surface area contributed by atoms with Crippen molar-refractivity contribution in [3.8, 4) is 0 Å². The molecular weight excluding hydrogens is 304 g/mol. The van der Waals surface area contributed by atoms with Gasteiger partial charge in [0.15, 0.2) is 0 Å². The predicted octanol–water partition coefficient (Wildman–Crippen LogP) is 3.64. The molecule has 1 aliphatic heterocycles. The second kappa shape index (κ2) is 5.84. The average Bonchev–Trinajstić information content (AvgIpc) is 2.41. The van der Waals surface area contributed by atoms with Crippen LogP contribution in [0.15, 0.2) is 12.2 Å². The highest BCUT2D eigenvalue weighted by Crippen LogP contribution is 2.60. The van der Waals surface area contributed by atoms with Crippen LogP contribution in [-0.4, -0.2) is 36.5 Å². The SMILES string of the molecule is C=C(C)C(=O)OC12CC3CC(CC(OCC(C)C4CCO4)(C3)C1)C2. The van der Waals surface area contributed by atoms with Crippen molar-refractivity contribution >= 4 is 5.97 Å². The maximum Gasteiger partial charge on any atom is 0.333 e. The number of hydrogen-bond donors (Lipinski definition) is 0. The number of rotatable bonds is 6. The molecule has 0 aromatic rings. The second-order valence-electron chi connectivity index (χ2n) is 8.98. The Hall–Kier alpha value is -0.870. The molecular formula is C20H30O4. The summed E-state index contributed by atoms with van der Waals surface area (Å²) in [7, 11) is 0. The fourth-order valence-corrected chi connectivity index (χ4v) is 5.79. The largest absolute Gasteiger partial charge is 0.456 e. The highest BCUT2D eigenvalue weighted by molar-refractivity contribution is 5.87. The van der Waals surface area contributed by atoms with E-state index in [-0.39, 0.29) is 17.2 Å². The van der Waals surface area contributed by atoms with Crippen LogP contribution >= 0.6 is 0 Å². The molecule has 1 saturated heterocycles. The van der Waals surface area contributed by atoms with E-state index in [2.05, 4.69) is 13.5 Å². The van der Waals surface area contributed by atoms with Crippen molar-refractivity contribution in [3.63, 3.8) is 0 Å². The Morgan fingerprint density at radius 1 is 1.25 bits per heavy atom. The molecule has 1 heterocycles. The minimum atomic E-state index is -0.309. The molecule has 4 atom stereocenters. The molecule has 134 valence electrons. The molecule has 0 N–H and O–H groups in total. The molecule has 0 spiro atoms. The smallest absolute Gasteiger partial charge is 0.333 e. The molecule has 0 aromatic heterocycles. The number of esters is 1. The first-order valence-electron chi connectivity index (χ1n) is 9.53. The van der Waals surface area contributed by atoms with Crippen molar-refractivity contribution in [2.45, 2.75) is 76.1 Å². The number of ether oxygens (including phenoxy) is 3. The van der Waals surface area contributed by atoms with E-state index in [9.17, 15) is 4.79 Å². The maximum absolute atomic E-state index is 12.2. The van der Waals surface area contributed by atoms with E-state index in [4.69, 9.17) is 14.2 Å². The maximum atomic E-state index is 12.2. The molecule has 24 heavy (non-hydrogen) atoms. The second-order valence-corrected chi connectivity index (χ2v) is 8.98. The Morgan fingerprint density at radius 2 is 1.88 bits per heavy atom. The molecule has 4 saturated carbocycles. The van der Waals surface area contributed by atoms with Crippen molar-refractivity contribution < 1.29 is 19.0 Å². The first-order valence-corrected chi connectivity index (χ1v) is 9.53. The van der Waals surface area contributed by atoms with Gasteiger partial charge in [-0.25, -0.2) is 4.79 Å². The van der Waals surface area contributed by atoms with Crippen molar-refractivity contribution in [3.05, 3.63) is 12.2 Å². The summed E-state index contributed by atoms with van der Waals surface area (Å²) in [5.74, 6) is 1.49. The zero-order valence-electron chi connectivity index (χ0n) is 15.0. The van der Waals surface area contributed by atoms with Gasteiger partial charge < -0.3 is 14.2 Å². The van der Waals surface area contributed by atoms with Crippen molar-refractivity contribution in [1.29, 1.82) is 0 Å². The average molecular weight is 334 g/mol. The van der Waals surface area contributed by atoms with Gasteiger partial charge in [-0.15, -0.1) is 0 Å². The lowest BCUT2D eigenvalue weighted by atomic mass is 9.52. The first kappa shape index (κ1) is 16.6. The quantitative estimate of drug-likeness (QED) is 0.549. The van der Waals surface area contributed by atoms with E-state index < -0.39 is 0 Å². The van der Waals surface area contributed by atoms with Crippen LogP contribution in [0.1, 0.15) is 58.8 Å². The minimum Gasteiger partial charge on any atom is -0.456 e. The highest BCUT2D eigenvalue weighted by atomic mass is 16.6. The van der Waals surface area contributed by atoms with Crippen LogP contribution in [-0.2, 0) is 19.0 Å². The van der Waals surface area contributed by atoms with Gasteiger partial charge in [0.05, 0.1) is 18.3 Å². The Bertz CT molecular complexity index is 522. The van der Waals surface area contributed by atoms with Crippen molar-refractivity contribution in [2.75, 3.05) is 13.2 Å². The van der Waals surface area contributed by atoms with Gasteiger partial charge in [-0.1, -0.05) is 13.5 Å². The van der Waals surface area contributed by atoms with Gasteiger partial charge in [0.2, 0.25) is 0 Å². The summed E-state index contributed by atoms with van der Waals surface area (Å²) >= 11 is 0. The molecule has 0 radical (unpaired) electrons. The molecule has 0 amide bonds. The third-order valence-corrected chi connectivity index (χ3v) is 6.63. The molecule has 4 bridgehead atoms. The molecule has 4 unspecified atom stereocenters. The van der Waals surface area contributed by atoms with Crippen molar-refractivity contribution in [1.82, 2.24) is 0 Å². The van der Waals surface area contributed by atoms with E-state index in [1.165, 1.54) is 6.42 Å². The lowest BCUT2D eigenvalue weighted by Gasteiger charge is -2.60. The van der Waals surface area contributed by atoms with E-state index in [1.54, 1.807) is 6.92 Å². The summed E-state index contributed by atoms with van der Waals surface area (Å²) in [6, 6.07) is 0. The Morgan fingerprint density at radius 3 is 2.42 bits per heavy atom. The van der Waals surface area contributed by atoms with Crippen LogP contribution in [0.2, 0.25) is 0 Å². The summed E-state index contributed by atoms with van der Waals surface area (Å²) < 4.78 is 18.1. The molecule has 0 aromatic carbocycles. The van der Waals surface area contributed by atoms with E-state index in [0.29, 0.717) is 29.4 Å². The van der Waals surface area contributed by atoms with Crippen LogP contribution in [0, 0.1) is 17.8 Å². The Kier molecular flexibility index (Phi) is 4.04. The van der Waals surface area contributed by atoms with Gasteiger partial charge in [0.25, 0.3) is 0 Å². The minimum absolute atomic E-state index is 0.0859. The molecule has 5 aliphatic rings. The summed E-state index contributed by atoms with van der Waals surface area (Å²) in [5.41, 5.74) is 0.102. The lowest BCUT2D eigenvalue weighted by Crippen LogP contribution is -2.61. The molecule has 4 aliphatic carbocycles. The van der Waals surface area contributed by atoms with E-state index >= 15 is 0 Å². The van der Waals surface area contributed by atoms with Crippen LogP contribution < -0.4 is 0 Å². The zero-order valence-corrected chi connectivity index (χ0v) is 15.0. The van der Waals surface area contributed by atoms with Crippen LogP contribution in [0.3, 0.4) is 0 Å². The fourth-order valence-electron chi connectivity index (χ4n) is 5.79. The van der Waals surface area contributed by atoms with Gasteiger partial charge in [-0.3, -0.25) is 0 Å². The van der Waals surface area contributed by atoms with Gasteiger partial charge >= 0.3 is 5.97 Å². The number of carbonyl (C=O) groups excluding carboxylic acids is 1. The number of carbonyl (C=O) groups is 1. The third kappa shape index (κ3) is 2.92. The molecule has 4 heteroatoms. The van der Waals surface area contributed by atoms with Gasteiger partial charge in [0, 0.05) is 24.5 Å². The van der Waals surface area contributed by atoms with Gasteiger partial charge in [-0.05, 0) is 57.3 Å². The lowest BCUT2D eigenvalue weighted by molar-refractivity contribution is -0.238. The normalized spacial score (nSPS) is 44.0. The predicted molar refractivity (Wildman–Crippen MR) is 90.5 cm³/mol. The topological polar surface area (TPSA) is 44.8 Å². The Balaban J connectivity index is 1.45. The monoisotopic (exact) mass is 334 g/mol. The summed E-state index contributed by atoms with van der Waals surface area (Å²) in [4.78, 5) is 12.2. The highest BCUT2D eigenvalue weighted by Gasteiger charge is 2.60. The zero-order chi connectivity index (χ0) is 16.9. The summed E-state index contributed by atoms with van der Waals surface area (Å²) in [6.07, 6.45) is 7.95. The number of hydrogen-bond acceptors (Lipinski definition) is 4. The first-order chi connectivity index (χ1) is 11.4. The molecule has 5 fully saturated rings. The summed E-state index contributed by atoms with van der Waals surface area (Å²) in [6.45, 7) is 9.35. The van der Waals surface area contributed by atoms with E-state index in [0.717, 1.165) is 51.7 Å². The standard InChI is InChI=1S/C20H30O4/c1-13(2)18(21)24-20-9-15-6-16(10-20)8-19(7-15,12-20)23-11-14(3)17-4-5-22-17/h14-17H,1,4-12H2,2-3H3. The van der Waals surface area contributed by atoms with Crippen LogP contribution in [0.4, 0.5) is 0 Å². The van der Waals surface area contributed by atoms with Gasteiger partial charge in [0.1, 0.15) is 5.60 Å². The van der Waals surface area contributed by atoms with Crippen LogP contribution in [0.5, 0.6) is 0 Å². The van der Waals surface area contributed by atoms with E-state index in [1.807, 2.05) is 0 Å². The molecule has 4 nitrogen and oxygen atoms in total. The molecule has 5 rings (SSSR count). The third-order valence-electron chi connectivity index (χ3n) is 6.63. The van der Waals surface area contributed by atoms with Crippen LogP contribution in [0.25, 0.3) is 0 Å². The van der Waals surface area contributed by atoms with Gasteiger partial charge in [-0.2, -0.15) is 0 Å². The fraction of sp³-hybridized carbons (Fsp3) is 0.850.